The summed E-state index contributed by atoms with van der Waals surface area (Å²) in [6.07, 6.45) is 5.00. The van der Waals surface area contributed by atoms with E-state index in [1.807, 2.05) is 37.3 Å². The molecule has 4 rings (SSSR count). The summed E-state index contributed by atoms with van der Waals surface area (Å²) in [5.74, 6) is 1.22. The zero-order valence-corrected chi connectivity index (χ0v) is 14.8. The Morgan fingerprint density at radius 2 is 2.12 bits per heavy atom. The zero-order chi connectivity index (χ0) is 17.7. The number of nitrogen functional groups attached to an aromatic ring is 1. The molecule has 6 heteroatoms. The van der Waals surface area contributed by atoms with Gasteiger partial charge in [0, 0.05) is 61.2 Å². The number of hydrogen-bond donors (Lipinski definition) is 1. The van der Waals surface area contributed by atoms with Gasteiger partial charge in [0.1, 0.15) is 23.3 Å². The third kappa shape index (κ3) is 2.35. The van der Waals surface area contributed by atoms with Crippen LogP contribution in [0.1, 0.15) is 35.7 Å². The van der Waals surface area contributed by atoms with Crippen LogP contribution in [0.25, 0.3) is 11.1 Å². The van der Waals surface area contributed by atoms with E-state index < -0.39 is 0 Å². The second-order valence-corrected chi connectivity index (χ2v) is 7.14. The van der Waals surface area contributed by atoms with Crippen molar-refractivity contribution >= 4 is 11.6 Å². The molecule has 2 aromatic heterocycles. The normalized spacial score (nSPS) is 21.7. The molecule has 2 N–H and O–H groups in total. The van der Waals surface area contributed by atoms with Gasteiger partial charge in [0.05, 0.1) is 0 Å². The predicted octanol–water partition coefficient (Wildman–Crippen LogP) is 2.35. The molecule has 0 aliphatic carbocycles. The second kappa shape index (κ2) is 5.71. The lowest BCUT2D eigenvalue weighted by Gasteiger charge is -2.34. The van der Waals surface area contributed by atoms with Crippen molar-refractivity contribution in [1.29, 1.82) is 5.26 Å². The molecule has 6 nitrogen and oxygen atoms in total. The van der Waals surface area contributed by atoms with Crippen LogP contribution in [0.4, 0.5) is 11.6 Å². The van der Waals surface area contributed by atoms with Gasteiger partial charge in [-0.2, -0.15) is 5.26 Å². The van der Waals surface area contributed by atoms with E-state index in [9.17, 15) is 5.26 Å². The number of likely N-dealkylation sites (N-methyl/N-ethyl adjacent to an activating group) is 1. The minimum Gasteiger partial charge on any atom is -0.383 e. The largest absolute Gasteiger partial charge is 0.383 e. The highest BCUT2D eigenvalue weighted by Gasteiger charge is 2.41. The number of anilines is 2. The number of fused-ring (bicyclic) bond motifs is 4. The van der Waals surface area contributed by atoms with Crippen LogP contribution in [0.2, 0.25) is 0 Å². The van der Waals surface area contributed by atoms with Crippen molar-refractivity contribution in [3.63, 3.8) is 0 Å². The molecule has 0 saturated carbocycles. The fraction of sp³-hybridized carbons (Fsp3) is 0.421. The lowest BCUT2D eigenvalue weighted by atomic mass is 9.87. The quantitative estimate of drug-likeness (QED) is 0.908. The zero-order valence-electron chi connectivity index (χ0n) is 14.8. The monoisotopic (exact) mass is 334 g/mol. The number of nitriles is 1. The fourth-order valence-corrected chi connectivity index (χ4v) is 4.22. The summed E-state index contributed by atoms with van der Waals surface area (Å²) in [7, 11) is 6.09. The number of rotatable bonds is 2. The molecule has 0 radical (unpaired) electrons. The molecule has 2 aromatic rings. The van der Waals surface area contributed by atoms with Crippen LogP contribution >= 0.6 is 0 Å². The molecule has 4 heterocycles. The molecule has 2 atom stereocenters. The molecule has 0 spiro atoms. The molecule has 2 bridgehead atoms. The van der Waals surface area contributed by atoms with Crippen molar-refractivity contribution in [2.24, 2.45) is 0 Å². The number of nitrogens with zero attached hydrogens (tertiary/aromatic N) is 5. The van der Waals surface area contributed by atoms with Crippen molar-refractivity contribution in [3.8, 4) is 17.2 Å². The first-order valence-electron chi connectivity index (χ1n) is 8.59. The van der Waals surface area contributed by atoms with Gasteiger partial charge in [-0.1, -0.05) is 0 Å². The summed E-state index contributed by atoms with van der Waals surface area (Å²) in [5, 5.41) is 9.73. The molecule has 1 saturated heterocycles. The van der Waals surface area contributed by atoms with Crippen LogP contribution in [-0.4, -0.2) is 42.1 Å². The molecular weight excluding hydrogens is 312 g/mol. The Labute approximate surface area is 147 Å². The molecular formula is C19H22N6. The van der Waals surface area contributed by atoms with Crippen molar-refractivity contribution < 1.29 is 0 Å². The Bertz CT molecular complexity index is 865. The van der Waals surface area contributed by atoms with Crippen molar-refractivity contribution in [3.05, 3.63) is 35.2 Å². The van der Waals surface area contributed by atoms with Crippen LogP contribution in [0, 0.1) is 11.3 Å². The Morgan fingerprint density at radius 3 is 2.76 bits per heavy atom. The van der Waals surface area contributed by atoms with Gasteiger partial charge in [-0.15, -0.1) is 0 Å². The highest BCUT2D eigenvalue weighted by Crippen LogP contribution is 2.47. The second-order valence-electron chi connectivity index (χ2n) is 7.14. The van der Waals surface area contributed by atoms with Gasteiger partial charge in [-0.25, -0.2) is 9.97 Å². The minimum atomic E-state index is 0.303. The molecule has 25 heavy (non-hydrogen) atoms. The molecule has 128 valence electrons. The van der Waals surface area contributed by atoms with Crippen LogP contribution in [0.3, 0.4) is 0 Å². The van der Waals surface area contributed by atoms with Gasteiger partial charge in [0.25, 0.3) is 0 Å². The summed E-state index contributed by atoms with van der Waals surface area (Å²) in [5.41, 5.74) is 10.7. The fourth-order valence-electron chi connectivity index (χ4n) is 4.22. The van der Waals surface area contributed by atoms with Gasteiger partial charge in [0.2, 0.25) is 0 Å². The third-order valence-electron chi connectivity index (χ3n) is 5.55. The lowest BCUT2D eigenvalue weighted by molar-refractivity contribution is 0.222. The summed E-state index contributed by atoms with van der Waals surface area (Å²) < 4.78 is 0. The number of nitrogens with two attached hydrogens (primary N) is 1. The number of hydrogen-bond acceptors (Lipinski definition) is 6. The molecule has 0 unspecified atom stereocenters. The number of pyridine rings is 2. The van der Waals surface area contributed by atoms with Crippen LogP contribution in [0.15, 0.2) is 18.3 Å². The smallest absolute Gasteiger partial charge is 0.142 e. The Kier molecular flexibility index (Phi) is 3.62. The van der Waals surface area contributed by atoms with Crippen molar-refractivity contribution in [1.82, 2.24) is 14.9 Å². The van der Waals surface area contributed by atoms with E-state index in [1.165, 1.54) is 5.56 Å². The van der Waals surface area contributed by atoms with Gasteiger partial charge in [0.15, 0.2) is 0 Å². The average Bonchev–Trinajstić information content (AvgIpc) is 2.84. The molecule has 0 aromatic carbocycles. The lowest BCUT2D eigenvalue weighted by Crippen LogP contribution is -2.35. The highest BCUT2D eigenvalue weighted by atomic mass is 15.2. The highest BCUT2D eigenvalue weighted by molar-refractivity contribution is 5.80. The topological polar surface area (TPSA) is 82.1 Å². The minimum absolute atomic E-state index is 0.303. The van der Waals surface area contributed by atoms with E-state index in [1.54, 1.807) is 0 Å². The summed E-state index contributed by atoms with van der Waals surface area (Å²) in [4.78, 5) is 13.5. The van der Waals surface area contributed by atoms with Crippen molar-refractivity contribution in [2.75, 3.05) is 31.8 Å². The summed E-state index contributed by atoms with van der Waals surface area (Å²) >= 11 is 0. The molecule has 0 amide bonds. The Hall–Kier alpha value is -2.65. The van der Waals surface area contributed by atoms with E-state index in [2.05, 4.69) is 28.0 Å². The van der Waals surface area contributed by atoms with E-state index in [4.69, 9.17) is 5.73 Å². The average molecular weight is 334 g/mol. The van der Waals surface area contributed by atoms with Gasteiger partial charge in [-0.3, -0.25) is 4.90 Å². The first-order chi connectivity index (χ1) is 12.0. The van der Waals surface area contributed by atoms with Crippen molar-refractivity contribution in [2.45, 2.75) is 31.3 Å². The maximum atomic E-state index is 9.73. The van der Waals surface area contributed by atoms with Crippen LogP contribution in [0.5, 0.6) is 0 Å². The maximum Gasteiger partial charge on any atom is 0.142 e. The molecule has 2 aliphatic heterocycles. The number of aromatic nitrogens is 2. The SMILES string of the molecule is CN(C)c1ccc(-c2c(C#N)c(N)nc3c2[C@H]2CC[C@@H](C3)N2C)cn1. The van der Waals surface area contributed by atoms with Gasteiger partial charge >= 0.3 is 0 Å². The standard InChI is InChI=1S/C19H22N6/c1-24(2)16-7-4-11(10-22-16)17-13(9-20)19(21)23-14-8-12-5-6-15(18(14)17)25(12)3/h4,7,10,12,15H,5-6,8H2,1-3H3,(H2,21,23)/t12-,15+/m0/s1. The van der Waals surface area contributed by atoms with E-state index in [0.717, 1.165) is 41.9 Å². The molecule has 1 fully saturated rings. The maximum absolute atomic E-state index is 9.73. The summed E-state index contributed by atoms with van der Waals surface area (Å²) in [6.45, 7) is 0. The third-order valence-corrected chi connectivity index (χ3v) is 5.55. The first kappa shape index (κ1) is 15.9. The predicted molar refractivity (Wildman–Crippen MR) is 98.2 cm³/mol. The Balaban J connectivity index is 1.95. The Morgan fingerprint density at radius 1 is 1.32 bits per heavy atom. The van der Waals surface area contributed by atoms with Crippen LogP contribution in [-0.2, 0) is 6.42 Å². The van der Waals surface area contributed by atoms with E-state index in [-0.39, 0.29) is 0 Å². The molecule has 2 aliphatic rings. The van der Waals surface area contributed by atoms with Gasteiger partial charge < -0.3 is 10.6 Å². The summed E-state index contributed by atoms with van der Waals surface area (Å²) in [6, 6.07) is 7.11. The first-order valence-corrected chi connectivity index (χ1v) is 8.59. The van der Waals surface area contributed by atoms with Gasteiger partial charge in [-0.05, 0) is 32.0 Å². The van der Waals surface area contributed by atoms with E-state index in [0.29, 0.717) is 23.5 Å². The van der Waals surface area contributed by atoms with E-state index >= 15 is 0 Å². The van der Waals surface area contributed by atoms with Crippen LogP contribution < -0.4 is 10.6 Å².